The molecule has 1 N–H and O–H groups in total. The first kappa shape index (κ1) is 20.3. The van der Waals surface area contributed by atoms with Crippen molar-refractivity contribution in [3.05, 3.63) is 51.9 Å². The van der Waals surface area contributed by atoms with Gasteiger partial charge in [0.05, 0.1) is 5.92 Å². The van der Waals surface area contributed by atoms with Crippen molar-refractivity contribution in [2.45, 2.75) is 30.4 Å². The van der Waals surface area contributed by atoms with Crippen LogP contribution < -0.4 is 5.32 Å². The summed E-state index contributed by atoms with van der Waals surface area (Å²) in [6.45, 7) is 3.09. The van der Waals surface area contributed by atoms with E-state index in [2.05, 4.69) is 5.32 Å². The van der Waals surface area contributed by atoms with Gasteiger partial charge in [0.15, 0.2) is 0 Å². The molecule has 27 heavy (non-hydrogen) atoms. The van der Waals surface area contributed by atoms with Crippen molar-refractivity contribution in [3.8, 4) is 0 Å². The van der Waals surface area contributed by atoms with Gasteiger partial charge in [-0.15, -0.1) is 11.3 Å². The number of sulfonamides is 1. The normalized spacial score (nSPS) is 18.4. The Bertz CT molecular complexity index is 911. The van der Waals surface area contributed by atoms with Gasteiger partial charge in [0.2, 0.25) is 5.91 Å². The molecule has 1 aromatic carbocycles. The summed E-state index contributed by atoms with van der Waals surface area (Å²) in [5, 5.41) is 3.61. The maximum Gasteiger partial charge on any atom is 0.252 e. The predicted octanol–water partition coefficient (Wildman–Crippen LogP) is 3.47. The predicted molar refractivity (Wildman–Crippen MR) is 109 cm³/mol. The third-order valence-corrected chi connectivity index (χ3v) is 8.24. The third-order valence-electron chi connectivity index (χ3n) is 4.67. The maximum absolute atomic E-state index is 12.8. The summed E-state index contributed by atoms with van der Waals surface area (Å²) >= 11 is 7.24. The number of aryl methyl sites for hydroxylation is 1. The molecule has 1 aromatic heterocycles. The van der Waals surface area contributed by atoms with Crippen LogP contribution in [0.25, 0.3) is 0 Å². The van der Waals surface area contributed by atoms with Crippen molar-refractivity contribution in [1.82, 2.24) is 9.62 Å². The largest absolute Gasteiger partial charge is 0.355 e. The van der Waals surface area contributed by atoms with E-state index < -0.39 is 10.0 Å². The van der Waals surface area contributed by atoms with Crippen LogP contribution in [-0.4, -0.2) is 38.3 Å². The highest BCUT2D eigenvalue weighted by atomic mass is 35.5. The second kappa shape index (κ2) is 8.73. The Morgan fingerprint density at radius 2 is 2.15 bits per heavy atom. The van der Waals surface area contributed by atoms with Crippen molar-refractivity contribution in [2.24, 2.45) is 5.92 Å². The number of nitrogens with one attached hydrogen (secondary N) is 1. The minimum absolute atomic E-state index is 0.0840. The Morgan fingerprint density at radius 1 is 1.33 bits per heavy atom. The van der Waals surface area contributed by atoms with Gasteiger partial charge < -0.3 is 5.32 Å². The lowest BCUT2D eigenvalue weighted by Gasteiger charge is -2.30. The van der Waals surface area contributed by atoms with Gasteiger partial charge in [0.1, 0.15) is 4.21 Å². The van der Waals surface area contributed by atoms with Gasteiger partial charge in [-0.2, -0.15) is 4.31 Å². The number of amides is 1. The highest BCUT2D eigenvalue weighted by Gasteiger charge is 2.33. The first-order chi connectivity index (χ1) is 12.9. The van der Waals surface area contributed by atoms with Crippen LogP contribution in [0.1, 0.15) is 23.3 Å². The molecule has 0 unspecified atom stereocenters. The molecule has 0 spiro atoms. The SMILES string of the molecule is Cc1ccc(S(=O)(=O)N2CCC[C@@H](C(=O)NCCc3cccc(Cl)c3)C2)s1. The van der Waals surface area contributed by atoms with E-state index in [1.54, 1.807) is 6.07 Å². The maximum atomic E-state index is 12.8. The molecular formula is C19H23ClN2O3S2. The van der Waals surface area contributed by atoms with E-state index in [1.807, 2.05) is 37.3 Å². The number of halogens is 1. The van der Waals surface area contributed by atoms with E-state index in [0.717, 1.165) is 10.4 Å². The topological polar surface area (TPSA) is 66.5 Å². The molecule has 1 amide bonds. The molecule has 5 nitrogen and oxygen atoms in total. The van der Waals surface area contributed by atoms with Gasteiger partial charge in [-0.05, 0) is 56.0 Å². The zero-order chi connectivity index (χ0) is 19.4. The van der Waals surface area contributed by atoms with Gasteiger partial charge in [0, 0.05) is 29.5 Å². The number of piperidine rings is 1. The summed E-state index contributed by atoms with van der Waals surface area (Å²) < 4.78 is 27.4. The lowest BCUT2D eigenvalue weighted by atomic mass is 9.99. The second-order valence-electron chi connectivity index (χ2n) is 6.74. The average molecular weight is 427 g/mol. The van der Waals surface area contributed by atoms with Crippen molar-refractivity contribution in [2.75, 3.05) is 19.6 Å². The number of carbonyl (C=O) groups is 1. The summed E-state index contributed by atoms with van der Waals surface area (Å²) in [6.07, 6.45) is 2.09. The van der Waals surface area contributed by atoms with Gasteiger partial charge in [-0.25, -0.2) is 8.42 Å². The first-order valence-corrected chi connectivity index (χ1v) is 11.6. The molecule has 0 saturated carbocycles. The Balaban J connectivity index is 1.56. The number of carbonyl (C=O) groups excluding carboxylic acids is 1. The van der Waals surface area contributed by atoms with E-state index in [1.165, 1.54) is 15.6 Å². The standard InChI is InChI=1S/C19H23ClN2O3S2/c1-14-7-8-18(26-14)27(24,25)22-11-3-5-16(13-22)19(23)21-10-9-15-4-2-6-17(20)12-15/h2,4,6-8,12,16H,3,5,9-11,13H2,1H3,(H,21,23)/t16-/m1/s1. The molecule has 0 aliphatic carbocycles. The van der Waals surface area contributed by atoms with Crippen LogP contribution in [0.2, 0.25) is 5.02 Å². The van der Waals surface area contributed by atoms with Crippen molar-refractivity contribution < 1.29 is 13.2 Å². The van der Waals surface area contributed by atoms with E-state index in [-0.39, 0.29) is 18.4 Å². The van der Waals surface area contributed by atoms with Gasteiger partial charge in [-0.3, -0.25) is 4.79 Å². The minimum atomic E-state index is -3.52. The number of benzene rings is 1. The van der Waals surface area contributed by atoms with Gasteiger partial charge in [-0.1, -0.05) is 23.7 Å². The molecule has 8 heteroatoms. The molecule has 2 heterocycles. The van der Waals surface area contributed by atoms with Crippen LogP contribution in [0.4, 0.5) is 0 Å². The average Bonchev–Trinajstić information content (AvgIpc) is 3.09. The number of nitrogens with zero attached hydrogens (tertiary/aromatic N) is 1. The van der Waals surface area contributed by atoms with Gasteiger partial charge >= 0.3 is 0 Å². The molecular weight excluding hydrogens is 404 g/mol. The van der Waals surface area contributed by atoms with E-state index >= 15 is 0 Å². The number of hydrogen-bond donors (Lipinski definition) is 1. The van der Waals surface area contributed by atoms with Crippen molar-refractivity contribution in [3.63, 3.8) is 0 Å². The first-order valence-electron chi connectivity index (χ1n) is 8.95. The zero-order valence-corrected chi connectivity index (χ0v) is 17.5. The molecule has 1 aliphatic rings. The van der Waals surface area contributed by atoms with Crippen LogP contribution >= 0.6 is 22.9 Å². The highest BCUT2D eigenvalue weighted by molar-refractivity contribution is 7.91. The zero-order valence-electron chi connectivity index (χ0n) is 15.2. The molecule has 1 atom stereocenters. The fourth-order valence-corrected chi connectivity index (χ4v) is 6.39. The fraction of sp³-hybridized carbons (Fsp3) is 0.421. The summed E-state index contributed by atoms with van der Waals surface area (Å²) in [4.78, 5) is 13.5. The Hall–Kier alpha value is -1.41. The van der Waals surface area contributed by atoms with E-state index in [0.29, 0.717) is 41.6 Å². The molecule has 1 saturated heterocycles. The summed E-state index contributed by atoms with van der Waals surface area (Å²) in [5.74, 6) is -0.395. The van der Waals surface area contributed by atoms with Crippen LogP contribution in [-0.2, 0) is 21.2 Å². The molecule has 3 rings (SSSR count). The minimum Gasteiger partial charge on any atom is -0.355 e. The second-order valence-corrected chi connectivity index (χ2v) is 10.6. The number of hydrogen-bond acceptors (Lipinski definition) is 4. The molecule has 1 aliphatic heterocycles. The van der Waals surface area contributed by atoms with Crippen LogP contribution in [0, 0.1) is 12.8 Å². The fourth-order valence-electron chi connectivity index (χ4n) is 3.22. The van der Waals surface area contributed by atoms with Crippen LogP contribution in [0.3, 0.4) is 0 Å². The van der Waals surface area contributed by atoms with Crippen molar-refractivity contribution >= 4 is 38.9 Å². The van der Waals surface area contributed by atoms with Gasteiger partial charge in [0.25, 0.3) is 10.0 Å². The van der Waals surface area contributed by atoms with E-state index in [9.17, 15) is 13.2 Å². The summed E-state index contributed by atoms with van der Waals surface area (Å²) in [7, 11) is -3.52. The molecule has 0 bridgehead atoms. The lowest BCUT2D eigenvalue weighted by Crippen LogP contribution is -2.45. The lowest BCUT2D eigenvalue weighted by molar-refractivity contribution is -0.126. The highest BCUT2D eigenvalue weighted by Crippen LogP contribution is 2.28. The van der Waals surface area contributed by atoms with E-state index in [4.69, 9.17) is 11.6 Å². The van der Waals surface area contributed by atoms with Crippen LogP contribution in [0.15, 0.2) is 40.6 Å². The number of thiophene rings is 1. The summed E-state index contributed by atoms with van der Waals surface area (Å²) in [6, 6.07) is 11.0. The molecule has 1 fully saturated rings. The monoisotopic (exact) mass is 426 g/mol. The van der Waals surface area contributed by atoms with Crippen molar-refractivity contribution in [1.29, 1.82) is 0 Å². The van der Waals surface area contributed by atoms with Crippen LogP contribution in [0.5, 0.6) is 0 Å². The molecule has 2 aromatic rings. The Morgan fingerprint density at radius 3 is 2.85 bits per heavy atom. The Labute approximate surface area is 169 Å². The smallest absolute Gasteiger partial charge is 0.252 e. The third kappa shape index (κ3) is 5.10. The quantitative estimate of drug-likeness (QED) is 0.769. The molecule has 0 radical (unpaired) electrons. The Kier molecular flexibility index (Phi) is 6.57. The summed E-state index contributed by atoms with van der Waals surface area (Å²) in [5.41, 5.74) is 1.06. The number of rotatable bonds is 6. The molecule has 146 valence electrons.